The SMILES string of the molecule is CC.Cc1ccc(Cl)cc1-n1c(C)ccc1C. The zero-order valence-corrected chi connectivity index (χ0v) is 12.0. The van der Waals surface area contributed by atoms with E-state index in [-0.39, 0.29) is 0 Å². The van der Waals surface area contributed by atoms with Crippen LogP contribution in [0.3, 0.4) is 0 Å². The van der Waals surface area contributed by atoms with E-state index in [0.29, 0.717) is 0 Å². The molecular weight excluding hydrogens is 230 g/mol. The standard InChI is InChI=1S/C13H14ClN.C2H6/c1-9-4-7-12(14)8-13(9)15-10(2)5-6-11(15)3;1-2/h4-8H,1-3H3;1-2H3. The van der Waals surface area contributed by atoms with Gasteiger partial charge in [0.2, 0.25) is 0 Å². The summed E-state index contributed by atoms with van der Waals surface area (Å²) >= 11 is 6.03. The van der Waals surface area contributed by atoms with Crippen molar-refractivity contribution >= 4 is 11.6 Å². The Hall–Kier alpha value is -1.21. The van der Waals surface area contributed by atoms with Crippen molar-refractivity contribution in [3.63, 3.8) is 0 Å². The van der Waals surface area contributed by atoms with Crippen molar-refractivity contribution in [3.8, 4) is 5.69 Å². The van der Waals surface area contributed by atoms with Gasteiger partial charge < -0.3 is 4.57 Å². The molecule has 0 aliphatic rings. The first kappa shape index (κ1) is 13.9. The second kappa shape index (κ2) is 5.92. The highest BCUT2D eigenvalue weighted by atomic mass is 35.5. The fraction of sp³-hybridized carbons (Fsp3) is 0.333. The van der Waals surface area contributed by atoms with Crippen LogP contribution in [-0.2, 0) is 0 Å². The molecule has 2 heteroatoms. The number of hydrogen-bond acceptors (Lipinski definition) is 0. The summed E-state index contributed by atoms with van der Waals surface area (Å²) in [5, 5.41) is 0.781. The number of aromatic nitrogens is 1. The monoisotopic (exact) mass is 249 g/mol. The molecule has 0 aliphatic heterocycles. The lowest BCUT2D eigenvalue weighted by atomic mass is 10.2. The molecule has 0 aliphatic carbocycles. The molecule has 2 aromatic rings. The summed E-state index contributed by atoms with van der Waals surface area (Å²) in [5.74, 6) is 0. The summed E-state index contributed by atoms with van der Waals surface area (Å²) in [6, 6.07) is 10.2. The molecule has 2 rings (SSSR count). The Labute approximate surface area is 109 Å². The summed E-state index contributed by atoms with van der Waals surface area (Å²) < 4.78 is 2.22. The number of hydrogen-bond donors (Lipinski definition) is 0. The van der Waals surface area contributed by atoms with Crippen LogP contribution in [0.25, 0.3) is 5.69 Å². The van der Waals surface area contributed by atoms with Gasteiger partial charge in [0.05, 0.1) is 0 Å². The lowest BCUT2D eigenvalue weighted by Crippen LogP contribution is -2.00. The second-order valence-corrected chi connectivity index (χ2v) is 4.32. The van der Waals surface area contributed by atoms with Crippen molar-refractivity contribution in [1.82, 2.24) is 4.57 Å². The van der Waals surface area contributed by atoms with E-state index in [4.69, 9.17) is 11.6 Å². The molecule has 0 saturated carbocycles. The van der Waals surface area contributed by atoms with Gasteiger partial charge in [-0.15, -0.1) is 0 Å². The van der Waals surface area contributed by atoms with Crippen LogP contribution in [0.2, 0.25) is 5.02 Å². The zero-order valence-electron chi connectivity index (χ0n) is 11.2. The Morgan fingerprint density at radius 3 is 1.94 bits per heavy atom. The largest absolute Gasteiger partial charge is 0.318 e. The van der Waals surface area contributed by atoms with Crippen molar-refractivity contribution in [2.75, 3.05) is 0 Å². The van der Waals surface area contributed by atoms with Crippen LogP contribution in [0.5, 0.6) is 0 Å². The number of benzene rings is 1. The van der Waals surface area contributed by atoms with E-state index in [9.17, 15) is 0 Å². The molecule has 92 valence electrons. The Balaban J connectivity index is 0.000000686. The fourth-order valence-electron chi connectivity index (χ4n) is 1.87. The van der Waals surface area contributed by atoms with E-state index >= 15 is 0 Å². The quantitative estimate of drug-likeness (QED) is 0.664. The fourth-order valence-corrected chi connectivity index (χ4v) is 2.04. The van der Waals surface area contributed by atoms with E-state index in [2.05, 4.69) is 43.5 Å². The first-order valence-corrected chi connectivity index (χ1v) is 6.39. The Morgan fingerprint density at radius 2 is 1.41 bits per heavy atom. The molecule has 0 unspecified atom stereocenters. The highest BCUT2D eigenvalue weighted by Gasteiger charge is 2.06. The maximum absolute atomic E-state index is 6.03. The van der Waals surface area contributed by atoms with Gasteiger partial charge in [0.15, 0.2) is 0 Å². The molecule has 0 fully saturated rings. The Kier molecular flexibility index (Phi) is 4.83. The smallest absolute Gasteiger partial charge is 0.0498 e. The van der Waals surface area contributed by atoms with Crippen LogP contribution < -0.4 is 0 Å². The molecule has 1 aromatic carbocycles. The lowest BCUT2D eigenvalue weighted by molar-refractivity contribution is 0.955. The molecule has 0 amide bonds. The zero-order chi connectivity index (χ0) is 13.0. The average molecular weight is 250 g/mol. The Bertz CT molecular complexity index is 478. The van der Waals surface area contributed by atoms with Gasteiger partial charge >= 0.3 is 0 Å². The van der Waals surface area contributed by atoms with E-state index < -0.39 is 0 Å². The van der Waals surface area contributed by atoms with Gasteiger partial charge in [-0.2, -0.15) is 0 Å². The van der Waals surface area contributed by atoms with Gasteiger partial charge in [-0.05, 0) is 50.6 Å². The summed E-state index contributed by atoms with van der Waals surface area (Å²) in [6.45, 7) is 10.3. The van der Waals surface area contributed by atoms with Crippen molar-refractivity contribution in [1.29, 1.82) is 0 Å². The van der Waals surface area contributed by atoms with Crippen molar-refractivity contribution in [3.05, 3.63) is 52.3 Å². The molecule has 0 radical (unpaired) electrons. The summed E-state index contributed by atoms with van der Waals surface area (Å²) in [6.07, 6.45) is 0. The summed E-state index contributed by atoms with van der Waals surface area (Å²) in [5.41, 5.74) is 4.88. The minimum atomic E-state index is 0.781. The van der Waals surface area contributed by atoms with Crippen LogP contribution in [0.4, 0.5) is 0 Å². The molecule has 1 heterocycles. The topological polar surface area (TPSA) is 4.93 Å². The van der Waals surface area contributed by atoms with Crippen LogP contribution in [0.15, 0.2) is 30.3 Å². The van der Waals surface area contributed by atoms with Crippen LogP contribution in [-0.4, -0.2) is 4.57 Å². The maximum atomic E-state index is 6.03. The highest BCUT2D eigenvalue weighted by Crippen LogP contribution is 2.23. The number of aryl methyl sites for hydroxylation is 3. The normalized spacial score (nSPS) is 9.76. The minimum Gasteiger partial charge on any atom is -0.318 e. The number of rotatable bonds is 1. The predicted octanol–water partition coefficient (Wildman–Crippen LogP) is 5.08. The maximum Gasteiger partial charge on any atom is 0.0498 e. The summed E-state index contributed by atoms with van der Waals surface area (Å²) in [4.78, 5) is 0. The van der Waals surface area contributed by atoms with Crippen molar-refractivity contribution in [2.45, 2.75) is 34.6 Å². The molecule has 0 saturated heterocycles. The predicted molar refractivity (Wildman–Crippen MR) is 76.3 cm³/mol. The molecule has 0 spiro atoms. The average Bonchev–Trinajstić information content (AvgIpc) is 2.65. The first-order chi connectivity index (χ1) is 8.09. The summed E-state index contributed by atoms with van der Waals surface area (Å²) in [7, 11) is 0. The highest BCUT2D eigenvalue weighted by molar-refractivity contribution is 6.30. The van der Waals surface area contributed by atoms with Crippen molar-refractivity contribution < 1.29 is 0 Å². The molecule has 1 nitrogen and oxygen atoms in total. The van der Waals surface area contributed by atoms with E-state index in [1.807, 2.05) is 26.0 Å². The molecule has 0 atom stereocenters. The third-order valence-electron chi connectivity index (χ3n) is 2.68. The molecular formula is C15H20ClN. The van der Waals surface area contributed by atoms with Crippen molar-refractivity contribution in [2.24, 2.45) is 0 Å². The third-order valence-corrected chi connectivity index (χ3v) is 2.92. The molecule has 17 heavy (non-hydrogen) atoms. The van der Waals surface area contributed by atoms with Gasteiger partial charge in [0, 0.05) is 22.1 Å². The second-order valence-electron chi connectivity index (χ2n) is 3.88. The molecule has 1 aromatic heterocycles. The minimum absolute atomic E-state index is 0.781. The third kappa shape index (κ3) is 2.92. The van der Waals surface area contributed by atoms with E-state index in [1.54, 1.807) is 0 Å². The van der Waals surface area contributed by atoms with Gasteiger partial charge in [0.25, 0.3) is 0 Å². The van der Waals surface area contributed by atoms with Gasteiger partial charge in [0.1, 0.15) is 0 Å². The van der Waals surface area contributed by atoms with Crippen LogP contribution >= 0.6 is 11.6 Å². The molecule has 0 N–H and O–H groups in total. The van der Waals surface area contributed by atoms with Gasteiger partial charge in [-0.3, -0.25) is 0 Å². The van der Waals surface area contributed by atoms with E-state index in [1.165, 1.54) is 22.6 Å². The van der Waals surface area contributed by atoms with E-state index in [0.717, 1.165) is 5.02 Å². The first-order valence-electron chi connectivity index (χ1n) is 6.01. The van der Waals surface area contributed by atoms with Crippen LogP contribution in [0, 0.1) is 20.8 Å². The number of nitrogens with zero attached hydrogens (tertiary/aromatic N) is 1. The molecule has 0 bridgehead atoms. The van der Waals surface area contributed by atoms with Crippen LogP contribution in [0.1, 0.15) is 30.8 Å². The number of halogens is 1. The lowest BCUT2D eigenvalue weighted by Gasteiger charge is -2.12. The van der Waals surface area contributed by atoms with Gasteiger partial charge in [-0.1, -0.05) is 31.5 Å². The van der Waals surface area contributed by atoms with Gasteiger partial charge in [-0.25, -0.2) is 0 Å². The Morgan fingerprint density at radius 1 is 0.882 bits per heavy atom.